The van der Waals surface area contributed by atoms with Gasteiger partial charge in [0.25, 0.3) is 0 Å². The van der Waals surface area contributed by atoms with Crippen molar-refractivity contribution >= 4 is 0 Å². The lowest BCUT2D eigenvalue weighted by molar-refractivity contribution is 0.250. The van der Waals surface area contributed by atoms with Crippen molar-refractivity contribution in [1.29, 1.82) is 0 Å². The number of aromatic hydroxyl groups is 2. The Balaban J connectivity index is 1.96. The number of rotatable bonds is 5. The van der Waals surface area contributed by atoms with Crippen LogP contribution in [0.3, 0.4) is 0 Å². The van der Waals surface area contributed by atoms with Crippen LogP contribution in [0.25, 0.3) is 0 Å². The number of phenolic OH excluding ortho intramolecular Hbond substituents is 2. The fourth-order valence-electron chi connectivity index (χ4n) is 2.46. The Bertz CT molecular complexity index is 389. The molecule has 4 heteroatoms. The van der Waals surface area contributed by atoms with Crippen LogP contribution in [-0.4, -0.2) is 40.8 Å². The van der Waals surface area contributed by atoms with Crippen LogP contribution >= 0.6 is 0 Å². The Kier molecular flexibility index (Phi) is 4.44. The molecule has 1 aromatic carbocycles. The first-order valence-corrected chi connectivity index (χ1v) is 6.65. The van der Waals surface area contributed by atoms with E-state index >= 15 is 0 Å². The fourth-order valence-corrected chi connectivity index (χ4v) is 2.46. The molecule has 18 heavy (non-hydrogen) atoms. The lowest BCUT2D eigenvalue weighted by atomic mass is 10.1. The number of likely N-dealkylation sites (N-methyl/N-ethyl adjacent to an activating group) is 1. The third kappa shape index (κ3) is 3.37. The van der Waals surface area contributed by atoms with Gasteiger partial charge in [-0.2, -0.15) is 0 Å². The van der Waals surface area contributed by atoms with Crippen molar-refractivity contribution in [1.82, 2.24) is 10.2 Å². The number of hydrogen-bond acceptors (Lipinski definition) is 4. The topological polar surface area (TPSA) is 55.7 Å². The second-order valence-corrected chi connectivity index (χ2v) is 4.93. The smallest absolute Gasteiger partial charge is 0.123 e. The lowest BCUT2D eigenvalue weighted by Gasteiger charge is -2.24. The van der Waals surface area contributed by atoms with Crippen molar-refractivity contribution in [2.24, 2.45) is 0 Å². The molecule has 1 saturated heterocycles. The molecule has 1 aromatic rings. The molecule has 0 aromatic heterocycles. The zero-order valence-corrected chi connectivity index (χ0v) is 10.9. The second-order valence-electron chi connectivity index (χ2n) is 4.93. The van der Waals surface area contributed by atoms with Gasteiger partial charge in [-0.1, -0.05) is 13.0 Å². The van der Waals surface area contributed by atoms with Crippen LogP contribution in [-0.2, 0) is 6.54 Å². The maximum atomic E-state index is 9.79. The van der Waals surface area contributed by atoms with Crippen LogP contribution in [0, 0.1) is 0 Å². The third-order valence-corrected chi connectivity index (χ3v) is 3.55. The summed E-state index contributed by atoms with van der Waals surface area (Å²) in [7, 11) is 0. The van der Waals surface area contributed by atoms with Gasteiger partial charge >= 0.3 is 0 Å². The predicted molar refractivity (Wildman–Crippen MR) is 71.7 cm³/mol. The minimum absolute atomic E-state index is 0.108. The van der Waals surface area contributed by atoms with E-state index in [9.17, 15) is 10.2 Å². The highest BCUT2D eigenvalue weighted by Gasteiger charge is 2.17. The van der Waals surface area contributed by atoms with E-state index in [4.69, 9.17) is 0 Å². The average molecular weight is 250 g/mol. The van der Waals surface area contributed by atoms with E-state index < -0.39 is 0 Å². The van der Waals surface area contributed by atoms with Crippen LogP contribution in [0.15, 0.2) is 18.2 Å². The summed E-state index contributed by atoms with van der Waals surface area (Å²) in [4.78, 5) is 2.31. The Morgan fingerprint density at radius 2 is 2.22 bits per heavy atom. The summed E-state index contributed by atoms with van der Waals surface area (Å²) >= 11 is 0. The normalized spacial score (nSPS) is 19.6. The molecule has 1 aliphatic rings. The van der Waals surface area contributed by atoms with Gasteiger partial charge in [-0.25, -0.2) is 0 Å². The zero-order valence-electron chi connectivity index (χ0n) is 10.9. The molecule has 0 amide bonds. The summed E-state index contributed by atoms with van der Waals surface area (Å²) < 4.78 is 0. The molecule has 4 nitrogen and oxygen atoms in total. The van der Waals surface area contributed by atoms with E-state index in [0.29, 0.717) is 6.04 Å². The van der Waals surface area contributed by atoms with Gasteiger partial charge in [0.15, 0.2) is 0 Å². The number of hydrogen-bond donors (Lipinski definition) is 3. The van der Waals surface area contributed by atoms with Gasteiger partial charge in [0.2, 0.25) is 0 Å². The Labute approximate surface area is 108 Å². The van der Waals surface area contributed by atoms with Gasteiger partial charge in [0.1, 0.15) is 11.5 Å². The minimum Gasteiger partial charge on any atom is -0.508 e. The van der Waals surface area contributed by atoms with Crippen LogP contribution in [0.5, 0.6) is 11.5 Å². The molecule has 1 unspecified atom stereocenters. The highest BCUT2D eigenvalue weighted by molar-refractivity contribution is 5.38. The molecular formula is C14H22N2O2. The van der Waals surface area contributed by atoms with Crippen LogP contribution in [0.1, 0.15) is 25.3 Å². The summed E-state index contributed by atoms with van der Waals surface area (Å²) in [5.41, 5.74) is 0.868. The predicted octanol–water partition coefficient (Wildman–Crippen LogP) is 1.67. The average Bonchev–Trinajstić information content (AvgIpc) is 2.84. The van der Waals surface area contributed by atoms with E-state index in [-0.39, 0.29) is 11.5 Å². The number of nitrogens with one attached hydrogen (secondary N) is 1. The fraction of sp³-hybridized carbons (Fsp3) is 0.571. The van der Waals surface area contributed by atoms with E-state index in [1.165, 1.54) is 18.9 Å². The van der Waals surface area contributed by atoms with Crippen molar-refractivity contribution in [2.45, 2.75) is 32.4 Å². The maximum absolute atomic E-state index is 9.79. The van der Waals surface area contributed by atoms with Crippen LogP contribution < -0.4 is 5.32 Å². The molecule has 1 aliphatic heterocycles. The SMILES string of the molecule is CCN(Cc1ccc(O)cc1O)CC1CCCN1. The summed E-state index contributed by atoms with van der Waals surface area (Å²) in [6.07, 6.45) is 2.49. The van der Waals surface area contributed by atoms with Gasteiger partial charge in [-0.05, 0) is 32.0 Å². The van der Waals surface area contributed by atoms with E-state index in [1.54, 1.807) is 12.1 Å². The molecule has 1 heterocycles. The van der Waals surface area contributed by atoms with Gasteiger partial charge < -0.3 is 15.5 Å². The van der Waals surface area contributed by atoms with Gasteiger partial charge in [-0.15, -0.1) is 0 Å². The van der Waals surface area contributed by atoms with Gasteiger partial charge in [0.05, 0.1) is 0 Å². The van der Waals surface area contributed by atoms with Crippen molar-refractivity contribution in [2.75, 3.05) is 19.6 Å². The van der Waals surface area contributed by atoms with Gasteiger partial charge in [0, 0.05) is 30.8 Å². The number of phenols is 2. The highest BCUT2D eigenvalue weighted by atomic mass is 16.3. The Morgan fingerprint density at radius 1 is 1.39 bits per heavy atom. The summed E-state index contributed by atoms with van der Waals surface area (Å²) in [5.74, 6) is 0.282. The molecule has 1 fully saturated rings. The highest BCUT2D eigenvalue weighted by Crippen LogP contribution is 2.24. The Hall–Kier alpha value is -1.26. The molecule has 3 N–H and O–H groups in total. The summed E-state index contributed by atoms with van der Waals surface area (Å²) in [6, 6.07) is 5.38. The van der Waals surface area contributed by atoms with E-state index in [0.717, 1.165) is 31.7 Å². The molecule has 2 rings (SSSR count). The summed E-state index contributed by atoms with van der Waals surface area (Å²) in [5, 5.41) is 22.6. The second kappa shape index (κ2) is 6.07. The molecule has 0 spiro atoms. The number of benzene rings is 1. The molecule has 1 atom stereocenters. The van der Waals surface area contributed by atoms with Crippen molar-refractivity contribution in [3.63, 3.8) is 0 Å². The van der Waals surface area contributed by atoms with Crippen LogP contribution in [0.4, 0.5) is 0 Å². The quantitative estimate of drug-likeness (QED) is 0.744. The molecule has 0 saturated carbocycles. The first-order valence-electron chi connectivity index (χ1n) is 6.65. The van der Waals surface area contributed by atoms with Crippen molar-refractivity contribution in [3.05, 3.63) is 23.8 Å². The van der Waals surface area contributed by atoms with Crippen LogP contribution in [0.2, 0.25) is 0 Å². The molecule has 100 valence electrons. The maximum Gasteiger partial charge on any atom is 0.123 e. The molecule has 0 bridgehead atoms. The molecule has 0 aliphatic carbocycles. The first-order chi connectivity index (χ1) is 8.69. The Morgan fingerprint density at radius 3 is 2.83 bits per heavy atom. The monoisotopic (exact) mass is 250 g/mol. The van der Waals surface area contributed by atoms with E-state index in [1.807, 2.05) is 0 Å². The lowest BCUT2D eigenvalue weighted by Crippen LogP contribution is -2.37. The molecule has 0 radical (unpaired) electrons. The van der Waals surface area contributed by atoms with Crippen molar-refractivity contribution in [3.8, 4) is 11.5 Å². The zero-order chi connectivity index (χ0) is 13.0. The van der Waals surface area contributed by atoms with E-state index in [2.05, 4.69) is 17.1 Å². The standard InChI is InChI=1S/C14H22N2O2/c1-2-16(10-12-4-3-7-15-12)9-11-5-6-13(17)8-14(11)18/h5-6,8,12,15,17-18H,2-4,7,9-10H2,1H3. The summed E-state index contributed by atoms with van der Waals surface area (Å²) in [6.45, 7) is 5.94. The largest absolute Gasteiger partial charge is 0.508 e. The third-order valence-electron chi connectivity index (χ3n) is 3.55. The minimum atomic E-state index is 0.108. The number of nitrogens with zero attached hydrogens (tertiary/aromatic N) is 1. The first kappa shape index (κ1) is 13.2. The van der Waals surface area contributed by atoms with Gasteiger partial charge in [-0.3, -0.25) is 4.90 Å². The molecular weight excluding hydrogens is 228 g/mol. The van der Waals surface area contributed by atoms with Crippen molar-refractivity contribution < 1.29 is 10.2 Å².